The molecule has 0 bridgehead atoms. The second kappa shape index (κ2) is 11.0. The van der Waals surface area contributed by atoms with E-state index < -0.39 is 25.6 Å². The van der Waals surface area contributed by atoms with Crippen molar-refractivity contribution in [2.45, 2.75) is 32.9 Å². The molecule has 2 N–H and O–H groups in total. The minimum atomic E-state index is -3.37. The maximum atomic E-state index is 12.4. The summed E-state index contributed by atoms with van der Waals surface area (Å²) in [5.74, 6) is -0.332. The van der Waals surface area contributed by atoms with Crippen LogP contribution in [-0.4, -0.2) is 38.5 Å². The van der Waals surface area contributed by atoms with Gasteiger partial charge in [-0.05, 0) is 17.9 Å². The first-order valence-corrected chi connectivity index (χ1v) is 9.98. The first kappa shape index (κ1) is 22.2. The summed E-state index contributed by atoms with van der Waals surface area (Å²) in [6, 6.07) is 8.40. The Morgan fingerprint density at radius 3 is 2.27 bits per heavy atom. The van der Waals surface area contributed by atoms with Gasteiger partial charge < -0.3 is 24.4 Å². The molecular formula is C17H27N2O6P. The molecule has 0 saturated heterocycles. The van der Waals surface area contributed by atoms with E-state index in [0.29, 0.717) is 6.42 Å². The molecule has 0 radical (unpaired) electrons. The summed E-state index contributed by atoms with van der Waals surface area (Å²) in [4.78, 5) is 24.4. The Balaban J connectivity index is 2.60. The zero-order valence-electron chi connectivity index (χ0n) is 15.6. The number of nitrogens with one attached hydrogen (secondary N) is 2. The number of carbonyl (C=O) groups excluding carboxylic acids is 2. The van der Waals surface area contributed by atoms with Crippen LogP contribution in [0.25, 0.3) is 0 Å². The second-order valence-electron chi connectivity index (χ2n) is 6.06. The zero-order chi connectivity index (χ0) is 19.6. The van der Waals surface area contributed by atoms with E-state index in [4.69, 9.17) is 13.8 Å². The molecule has 1 aromatic rings. The van der Waals surface area contributed by atoms with E-state index in [1.165, 1.54) is 14.2 Å². The van der Waals surface area contributed by atoms with Gasteiger partial charge in [0.05, 0.1) is 0 Å². The van der Waals surface area contributed by atoms with Gasteiger partial charge in [-0.2, -0.15) is 0 Å². The highest BCUT2D eigenvalue weighted by atomic mass is 31.2. The maximum Gasteiger partial charge on any atom is 0.408 e. The van der Waals surface area contributed by atoms with Gasteiger partial charge in [0.1, 0.15) is 18.9 Å². The highest BCUT2D eigenvalue weighted by Gasteiger charge is 2.27. The van der Waals surface area contributed by atoms with Crippen LogP contribution in [0.5, 0.6) is 0 Å². The smallest absolute Gasteiger partial charge is 0.408 e. The van der Waals surface area contributed by atoms with Crippen LogP contribution in [0.4, 0.5) is 4.79 Å². The number of benzene rings is 1. The largest absolute Gasteiger partial charge is 0.445 e. The monoisotopic (exact) mass is 386 g/mol. The van der Waals surface area contributed by atoms with Crippen molar-refractivity contribution >= 4 is 19.6 Å². The predicted octanol–water partition coefficient (Wildman–Crippen LogP) is 2.89. The van der Waals surface area contributed by atoms with E-state index in [-0.39, 0.29) is 18.8 Å². The van der Waals surface area contributed by atoms with Crippen molar-refractivity contribution in [3.8, 4) is 0 Å². The van der Waals surface area contributed by atoms with Crippen LogP contribution < -0.4 is 10.6 Å². The van der Waals surface area contributed by atoms with E-state index in [0.717, 1.165) is 5.56 Å². The quantitative estimate of drug-likeness (QED) is 0.600. The topological polar surface area (TPSA) is 103 Å². The minimum Gasteiger partial charge on any atom is -0.445 e. The average molecular weight is 386 g/mol. The third kappa shape index (κ3) is 7.99. The molecule has 9 heteroatoms. The van der Waals surface area contributed by atoms with Crippen LogP contribution >= 0.6 is 7.60 Å². The van der Waals surface area contributed by atoms with Crippen molar-refractivity contribution in [2.24, 2.45) is 5.92 Å². The van der Waals surface area contributed by atoms with Crippen LogP contribution in [0, 0.1) is 5.92 Å². The molecule has 1 aromatic carbocycles. The molecule has 0 aliphatic carbocycles. The van der Waals surface area contributed by atoms with Gasteiger partial charge in [-0.1, -0.05) is 44.2 Å². The Bertz CT molecular complexity index is 615. The van der Waals surface area contributed by atoms with E-state index in [1.807, 2.05) is 44.2 Å². The summed E-state index contributed by atoms with van der Waals surface area (Å²) >= 11 is 0. The number of hydrogen-bond donors (Lipinski definition) is 2. The van der Waals surface area contributed by atoms with E-state index in [2.05, 4.69) is 10.6 Å². The van der Waals surface area contributed by atoms with Gasteiger partial charge >= 0.3 is 13.7 Å². The number of carbonyl (C=O) groups is 2. The number of amides is 2. The van der Waals surface area contributed by atoms with Crippen LogP contribution in [-0.2, 0) is 29.8 Å². The summed E-state index contributed by atoms with van der Waals surface area (Å²) < 4.78 is 26.7. The molecule has 2 amide bonds. The molecule has 1 atom stereocenters. The highest BCUT2D eigenvalue weighted by molar-refractivity contribution is 7.53. The third-order valence-corrected chi connectivity index (χ3v) is 5.19. The fraction of sp³-hybridized carbons (Fsp3) is 0.529. The average Bonchev–Trinajstić information content (AvgIpc) is 2.64. The first-order valence-electron chi connectivity index (χ1n) is 8.25. The van der Waals surface area contributed by atoms with Gasteiger partial charge in [-0.25, -0.2) is 4.79 Å². The van der Waals surface area contributed by atoms with Gasteiger partial charge in [0, 0.05) is 14.2 Å². The van der Waals surface area contributed by atoms with Crippen molar-refractivity contribution in [3.63, 3.8) is 0 Å². The van der Waals surface area contributed by atoms with E-state index >= 15 is 0 Å². The molecule has 0 aliphatic heterocycles. The predicted molar refractivity (Wildman–Crippen MR) is 97.6 cm³/mol. The molecular weight excluding hydrogens is 359 g/mol. The molecule has 0 saturated carbocycles. The fourth-order valence-electron chi connectivity index (χ4n) is 2.11. The number of rotatable bonds is 10. The molecule has 8 nitrogen and oxygen atoms in total. The van der Waals surface area contributed by atoms with Gasteiger partial charge in [0.15, 0.2) is 0 Å². The maximum absolute atomic E-state index is 12.4. The van der Waals surface area contributed by atoms with Crippen LogP contribution in [0.15, 0.2) is 30.3 Å². The molecule has 26 heavy (non-hydrogen) atoms. The lowest BCUT2D eigenvalue weighted by atomic mass is 10.0. The standard InChI is InChI=1S/C17H27N2O6P/c1-13(2)10-15(16(20)18-12-26(22,23-3)24-4)19-17(21)25-11-14-8-6-5-7-9-14/h5-9,13,15H,10-12H2,1-4H3,(H,18,20)(H,19,21)/t15-/m0/s1. The molecule has 0 fully saturated rings. The fourth-order valence-corrected chi connectivity index (χ4v) is 2.87. The van der Waals surface area contributed by atoms with Crippen molar-refractivity contribution in [3.05, 3.63) is 35.9 Å². The summed E-state index contributed by atoms with van der Waals surface area (Å²) in [6.07, 6.45) is -0.582. The molecule has 0 spiro atoms. The third-order valence-electron chi connectivity index (χ3n) is 3.53. The summed E-state index contributed by atoms with van der Waals surface area (Å²) in [6.45, 7) is 3.95. The van der Waals surface area contributed by atoms with Gasteiger partial charge in [-0.15, -0.1) is 0 Å². The van der Waals surface area contributed by atoms with Gasteiger partial charge in [0.25, 0.3) is 0 Å². The number of hydrogen-bond acceptors (Lipinski definition) is 6. The molecule has 146 valence electrons. The van der Waals surface area contributed by atoms with Gasteiger partial charge in [-0.3, -0.25) is 9.36 Å². The zero-order valence-corrected chi connectivity index (χ0v) is 16.5. The number of alkyl carbamates (subject to hydrolysis) is 1. The molecule has 0 aromatic heterocycles. The SMILES string of the molecule is COP(=O)(CNC(=O)[C@H](CC(C)C)NC(=O)OCc1ccccc1)OC. The Morgan fingerprint density at radius 1 is 1.12 bits per heavy atom. The lowest BCUT2D eigenvalue weighted by Gasteiger charge is -2.21. The van der Waals surface area contributed by atoms with Crippen molar-refractivity contribution < 1.29 is 27.9 Å². The molecule has 0 unspecified atom stereocenters. The van der Waals surface area contributed by atoms with Crippen LogP contribution in [0.1, 0.15) is 25.8 Å². The summed E-state index contributed by atoms with van der Waals surface area (Å²) in [5.41, 5.74) is 0.841. The molecule has 0 aliphatic rings. The number of ether oxygens (including phenoxy) is 1. The summed E-state index contributed by atoms with van der Waals surface area (Å²) in [5, 5.41) is 5.03. The summed E-state index contributed by atoms with van der Waals surface area (Å²) in [7, 11) is -0.897. The van der Waals surface area contributed by atoms with E-state index in [1.54, 1.807) is 0 Å². The van der Waals surface area contributed by atoms with Crippen molar-refractivity contribution in [2.75, 3.05) is 20.5 Å². The lowest BCUT2D eigenvalue weighted by Crippen LogP contribution is -2.47. The Labute approximate surface area is 154 Å². The van der Waals surface area contributed by atoms with E-state index in [9.17, 15) is 14.2 Å². The normalized spacial score (nSPS) is 12.5. The Hall–Kier alpha value is -1.89. The van der Waals surface area contributed by atoms with Crippen LogP contribution in [0.2, 0.25) is 0 Å². The lowest BCUT2D eigenvalue weighted by molar-refractivity contribution is -0.123. The van der Waals surface area contributed by atoms with Crippen molar-refractivity contribution in [1.82, 2.24) is 10.6 Å². The minimum absolute atomic E-state index is 0.102. The first-order chi connectivity index (χ1) is 12.3. The molecule has 1 rings (SSSR count). The Morgan fingerprint density at radius 2 is 1.73 bits per heavy atom. The highest BCUT2D eigenvalue weighted by Crippen LogP contribution is 2.44. The second-order valence-corrected chi connectivity index (χ2v) is 8.33. The van der Waals surface area contributed by atoms with Gasteiger partial charge in [0.2, 0.25) is 5.91 Å². The van der Waals surface area contributed by atoms with Crippen molar-refractivity contribution in [1.29, 1.82) is 0 Å². The van der Waals surface area contributed by atoms with Crippen LogP contribution in [0.3, 0.4) is 0 Å². The molecule has 0 heterocycles. The Kier molecular flexibility index (Phi) is 9.34.